The summed E-state index contributed by atoms with van der Waals surface area (Å²) >= 11 is 1.36. The van der Waals surface area contributed by atoms with Crippen molar-refractivity contribution in [3.05, 3.63) is 22.4 Å². The van der Waals surface area contributed by atoms with Gasteiger partial charge in [0.05, 0.1) is 17.6 Å². The van der Waals surface area contributed by atoms with Gasteiger partial charge in [-0.1, -0.05) is 6.07 Å². The first kappa shape index (κ1) is 14.0. The van der Waals surface area contributed by atoms with Crippen LogP contribution in [-0.2, 0) is 9.53 Å². The average Bonchev–Trinajstić information content (AvgIpc) is 2.91. The lowest BCUT2D eigenvalue weighted by Crippen LogP contribution is -2.52. The standard InChI is InChI=1S/C13H18N2O3S/c1-9-8-15(5-6-18-9)13(17)10(2)14-12(16)11-4-3-7-19-11/h3-4,7,9-10H,5-6,8H2,1-2H3,(H,14,16). The van der Waals surface area contributed by atoms with Crippen molar-refractivity contribution in [2.24, 2.45) is 0 Å². The predicted octanol–water partition coefficient (Wildman–Crippen LogP) is 1.11. The van der Waals surface area contributed by atoms with Crippen molar-refractivity contribution in [1.29, 1.82) is 0 Å². The second-order valence-corrected chi connectivity index (χ2v) is 5.59. The number of carbonyl (C=O) groups excluding carboxylic acids is 2. The summed E-state index contributed by atoms with van der Waals surface area (Å²) in [6.07, 6.45) is 0.0536. The average molecular weight is 282 g/mol. The maximum Gasteiger partial charge on any atom is 0.261 e. The second kappa shape index (κ2) is 6.16. The van der Waals surface area contributed by atoms with E-state index in [0.717, 1.165) is 0 Å². The van der Waals surface area contributed by atoms with Gasteiger partial charge in [-0.25, -0.2) is 0 Å². The van der Waals surface area contributed by atoms with E-state index in [1.807, 2.05) is 18.4 Å². The maximum atomic E-state index is 12.2. The highest BCUT2D eigenvalue weighted by molar-refractivity contribution is 7.12. The molecule has 5 nitrogen and oxygen atoms in total. The van der Waals surface area contributed by atoms with Crippen molar-refractivity contribution in [1.82, 2.24) is 10.2 Å². The molecule has 1 aliphatic rings. The van der Waals surface area contributed by atoms with Crippen LogP contribution in [0, 0.1) is 0 Å². The van der Waals surface area contributed by atoms with Crippen LogP contribution in [0.25, 0.3) is 0 Å². The second-order valence-electron chi connectivity index (χ2n) is 4.64. The summed E-state index contributed by atoms with van der Waals surface area (Å²) < 4.78 is 5.40. The third-order valence-corrected chi connectivity index (χ3v) is 3.88. The Labute approximate surface area is 116 Å². The molecule has 19 heavy (non-hydrogen) atoms. The van der Waals surface area contributed by atoms with Crippen molar-refractivity contribution in [2.75, 3.05) is 19.7 Å². The van der Waals surface area contributed by atoms with Crippen LogP contribution >= 0.6 is 11.3 Å². The maximum absolute atomic E-state index is 12.2. The summed E-state index contributed by atoms with van der Waals surface area (Å²) in [5.41, 5.74) is 0. The van der Waals surface area contributed by atoms with Crippen molar-refractivity contribution in [2.45, 2.75) is 26.0 Å². The lowest BCUT2D eigenvalue weighted by Gasteiger charge is -2.33. The summed E-state index contributed by atoms with van der Waals surface area (Å²) in [5, 5.41) is 4.57. The van der Waals surface area contributed by atoms with E-state index in [2.05, 4.69) is 5.32 Å². The smallest absolute Gasteiger partial charge is 0.261 e. The summed E-state index contributed by atoms with van der Waals surface area (Å²) in [4.78, 5) is 26.4. The number of hydrogen-bond donors (Lipinski definition) is 1. The van der Waals surface area contributed by atoms with E-state index in [1.165, 1.54) is 11.3 Å². The van der Waals surface area contributed by atoms with E-state index in [-0.39, 0.29) is 17.9 Å². The van der Waals surface area contributed by atoms with Crippen molar-refractivity contribution in [3.63, 3.8) is 0 Å². The molecule has 2 amide bonds. The molecule has 1 saturated heterocycles. The summed E-state index contributed by atoms with van der Waals surface area (Å²) in [7, 11) is 0. The molecule has 1 fully saturated rings. The lowest BCUT2D eigenvalue weighted by atomic mass is 10.2. The van der Waals surface area contributed by atoms with Crippen LogP contribution in [0.3, 0.4) is 0 Å². The van der Waals surface area contributed by atoms with Gasteiger partial charge in [-0.05, 0) is 25.3 Å². The van der Waals surface area contributed by atoms with Gasteiger partial charge in [0.25, 0.3) is 5.91 Å². The van der Waals surface area contributed by atoms with Crippen LogP contribution in [0.5, 0.6) is 0 Å². The van der Waals surface area contributed by atoms with Gasteiger partial charge in [0, 0.05) is 13.1 Å². The Balaban J connectivity index is 1.90. The van der Waals surface area contributed by atoms with Crippen LogP contribution in [0.4, 0.5) is 0 Å². The molecule has 1 aromatic rings. The highest BCUT2D eigenvalue weighted by atomic mass is 32.1. The molecule has 1 aromatic heterocycles. The third-order valence-electron chi connectivity index (χ3n) is 3.02. The SMILES string of the molecule is CC1CN(C(=O)C(C)NC(=O)c2cccs2)CCO1. The van der Waals surface area contributed by atoms with Gasteiger partial charge in [0.2, 0.25) is 5.91 Å². The Morgan fingerprint density at radius 2 is 2.37 bits per heavy atom. The first-order valence-electron chi connectivity index (χ1n) is 6.32. The number of ether oxygens (including phenoxy) is 1. The summed E-state index contributed by atoms with van der Waals surface area (Å²) in [5.74, 6) is -0.253. The van der Waals surface area contributed by atoms with Gasteiger partial charge in [-0.3, -0.25) is 9.59 Å². The molecule has 6 heteroatoms. The van der Waals surface area contributed by atoms with Gasteiger partial charge in [-0.15, -0.1) is 11.3 Å². The number of nitrogens with zero attached hydrogens (tertiary/aromatic N) is 1. The molecular weight excluding hydrogens is 264 g/mol. The molecule has 0 spiro atoms. The van der Waals surface area contributed by atoms with E-state index in [0.29, 0.717) is 24.6 Å². The van der Waals surface area contributed by atoms with Crippen LogP contribution in [0.2, 0.25) is 0 Å². The monoisotopic (exact) mass is 282 g/mol. The molecule has 0 bridgehead atoms. The molecule has 1 N–H and O–H groups in total. The Hall–Kier alpha value is -1.40. The number of nitrogens with one attached hydrogen (secondary N) is 1. The normalized spacial score (nSPS) is 20.9. The number of carbonyl (C=O) groups is 2. The van der Waals surface area contributed by atoms with E-state index in [1.54, 1.807) is 17.9 Å². The topological polar surface area (TPSA) is 58.6 Å². The van der Waals surface area contributed by atoms with Gasteiger partial charge in [0.1, 0.15) is 6.04 Å². The van der Waals surface area contributed by atoms with Crippen LogP contribution in [0.15, 0.2) is 17.5 Å². The van der Waals surface area contributed by atoms with E-state index >= 15 is 0 Å². The van der Waals surface area contributed by atoms with E-state index < -0.39 is 6.04 Å². The molecule has 2 unspecified atom stereocenters. The van der Waals surface area contributed by atoms with Crippen molar-refractivity contribution < 1.29 is 14.3 Å². The summed E-state index contributed by atoms with van der Waals surface area (Å²) in [6.45, 7) is 5.38. The summed E-state index contributed by atoms with van der Waals surface area (Å²) in [6, 6.07) is 3.05. The quantitative estimate of drug-likeness (QED) is 0.903. The molecule has 2 rings (SSSR count). The molecule has 0 aromatic carbocycles. The van der Waals surface area contributed by atoms with Crippen LogP contribution in [-0.4, -0.2) is 48.6 Å². The Bertz CT molecular complexity index is 447. The molecule has 0 radical (unpaired) electrons. The fourth-order valence-corrected chi connectivity index (χ4v) is 2.66. The molecular formula is C13H18N2O3S. The fraction of sp³-hybridized carbons (Fsp3) is 0.538. The first-order valence-corrected chi connectivity index (χ1v) is 7.20. The van der Waals surface area contributed by atoms with Gasteiger partial charge >= 0.3 is 0 Å². The van der Waals surface area contributed by atoms with Crippen molar-refractivity contribution >= 4 is 23.2 Å². The third kappa shape index (κ3) is 3.54. The first-order chi connectivity index (χ1) is 9.08. The molecule has 2 heterocycles. The predicted molar refractivity (Wildman–Crippen MR) is 73.2 cm³/mol. The Morgan fingerprint density at radius 3 is 3.00 bits per heavy atom. The highest BCUT2D eigenvalue weighted by Gasteiger charge is 2.26. The van der Waals surface area contributed by atoms with Crippen molar-refractivity contribution in [3.8, 4) is 0 Å². The van der Waals surface area contributed by atoms with Gasteiger partial charge in [-0.2, -0.15) is 0 Å². The Kier molecular flexibility index (Phi) is 4.55. The van der Waals surface area contributed by atoms with Crippen LogP contribution < -0.4 is 5.32 Å². The molecule has 104 valence electrons. The fourth-order valence-electron chi connectivity index (χ4n) is 2.03. The lowest BCUT2D eigenvalue weighted by molar-refractivity contribution is -0.139. The van der Waals surface area contributed by atoms with E-state index in [4.69, 9.17) is 4.74 Å². The minimum atomic E-state index is -0.514. The Morgan fingerprint density at radius 1 is 1.58 bits per heavy atom. The molecule has 1 aliphatic heterocycles. The van der Waals surface area contributed by atoms with E-state index in [9.17, 15) is 9.59 Å². The number of hydrogen-bond acceptors (Lipinski definition) is 4. The highest BCUT2D eigenvalue weighted by Crippen LogP contribution is 2.10. The molecule has 0 saturated carbocycles. The van der Waals surface area contributed by atoms with Gasteiger partial charge < -0.3 is 15.0 Å². The number of rotatable bonds is 3. The number of thiophene rings is 1. The van der Waals surface area contributed by atoms with Crippen LogP contribution in [0.1, 0.15) is 23.5 Å². The molecule has 2 atom stereocenters. The zero-order valence-electron chi connectivity index (χ0n) is 11.1. The number of amides is 2. The number of morpholine rings is 1. The minimum absolute atomic E-state index is 0.0536. The zero-order valence-corrected chi connectivity index (χ0v) is 11.9. The zero-order chi connectivity index (χ0) is 13.8. The van der Waals surface area contributed by atoms with Gasteiger partial charge in [0.15, 0.2) is 0 Å². The molecule has 0 aliphatic carbocycles. The minimum Gasteiger partial charge on any atom is -0.375 e. The largest absolute Gasteiger partial charge is 0.375 e.